The lowest BCUT2D eigenvalue weighted by molar-refractivity contribution is 0.301. The lowest BCUT2D eigenvalue weighted by Gasteiger charge is -2.24. The van der Waals surface area contributed by atoms with Crippen LogP contribution in [0.1, 0.15) is 51.4 Å². The van der Waals surface area contributed by atoms with E-state index in [0.717, 1.165) is 18.0 Å². The quantitative estimate of drug-likeness (QED) is 0.786. The third kappa shape index (κ3) is 2.78. The summed E-state index contributed by atoms with van der Waals surface area (Å²) in [5.41, 5.74) is 0. The zero-order chi connectivity index (χ0) is 10.8. The van der Waals surface area contributed by atoms with E-state index in [9.17, 15) is 0 Å². The molecule has 2 heteroatoms. The number of rotatable bonds is 4. The van der Waals surface area contributed by atoms with Gasteiger partial charge in [0.05, 0.1) is 0 Å². The van der Waals surface area contributed by atoms with E-state index in [2.05, 4.69) is 10.2 Å². The van der Waals surface area contributed by atoms with Crippen molar-refractivity contribution in [2.24, 2.45) is 5.92 Å². The highest BCUT2D eigenvalue weighted by molar-refractivity contribution is 4.92. The van der Waals surface area contributed by atoms with Gasteiger partial charge in [-0.2, -0.15) is 0 Å². The van der Waals surface area contributed by atoms with E-state index in [1.807, 2.05) is 0 Å². The van der Waals surface area contributed by atoms with Crippen LogP contribution in [0.25, 0.3) is 0 Å². The molecule has 1 unspecified atom stereocenters. The first-order valence-electron chi connectivity index (χ1n) is 7.39. The highest BCUT2D eigenvalue weighted by Crippen LogP contribution is 2.30. The van der Waals surface area contributed by atoms with Crippen LogP contribution in [0.3, 0.4) is 0 Å². The molecule has 2 nitrogen and oxygen atoms in total. The molecule has 0 aromatic heterocycles. The van der Waals surface area contributed by atoms with Crippen LogP contribution < -0.4 is 5.32 Å². The van der Waals surface area contributed by atoms with Crippen molar-refractivity contribution >= 4 is 0 Å². The predicted octanol–water partition coefficient (Wildman–Crippen LogP) is 2.39. The fourth-order valence-corrected chi connectivity index (χ4v) is 3.45. The molecule has 0 bridgehead atoms. The number of nitrogens with one attached hydrogen (secondary N) is 1. The lowest BCUT2D eigenvalue weighted by atomic mass is 9.89. The van der Waals surface area contributed by atoms with Crippen molar-refractivity contribution < 1.29 is 0 Å². The fraction of sp³-hybridized carbons (Fsp3) is 1.00. The molecule has 0 amide bonds. The first-order valence-corrected chi connectivity index (χ1v) is 7.39. The van der Waals surface area contributed by atoms with Gasteiger partial charge in [-0.1, -0.05) is 19.3 Å². The second kappa shape index (κ2) is 5.05. The van der Waals surface area contributed by atoms with Crippen LogP contribution in [0.2, 0.25) is 0 Å². The van der Waals surface area contributed by atoms with Gasteiger partial charge in [0.2, 0.25) is 0 Å². The first-order chi connectivity index (χ1) is 7.92. The number of likely N-dealkylation sites (tertiary alicyclic amines) is 1. The Morgan fingerprint density at radius 1 is 0.938 bits per heavy atom. The fourth-order valence-electron chi connectivity index (χ4n) is 3.45. The Morgan fingerprint density at radius 3 is 2.50 bits per heavy atom. The van der Waals surface area contributed by atoms with Crippen molar-refractivity contribution in [2.75, 3.05) is 19.6 Å². The minimum Gasteiger partial charge on any atom is -0.312 e. The summed E-state index contributed by atoms with van der Waals surface area (Å²) in [4.78, 5) is 2.71. The molecule has 3 rings (SSSR count). The maximum atomic E-state index is 3.82. The molecule has 3 aliphatic rings. The van der Waals surface area contributed by atoms with Crippen molar-refractivity contribution in [3.05, 3.63) is 0 Å². The number of hydrogen-bond donors (Lipinski definition) is 1. The van der Waals surface area contributed by atoms with Crippen LogP contribution in [0.5, 0.6) is 0 Å². The third-order valence-corrected chi connectivity index (χ3v) is 4.70. The Hall–Kier alpha value is -0.0800. The topological polar surface area (TPSA) is 15.3 Å². The molecule has 0 aromatic carbocycles. The summed E-state index contributed by atoms with van der Waals surface area (Å²) in [6.45, 7) is 3.98. The molecule has 1 saturated heterocycles. The summed E-state index contributed by atoms with van der Waals surface area (Å²) < 4.78 is 0. The van der Waals surface area contributed by atoms with Gasteiger partial charge >= 0.3 is 0 Å². The molecule has 1 N–H and O–H groups in total. The molecule has 0 aromatic rings. The van der Waals surface area contributed by atoms with Crippen LogP contribution in [0, 0.1) is 5.92 Å². The molecule has 1 atom stereocenters. The maximum absolute atomic E-state index is 3.82. The van der Waals surface area contributed by atoms with Gasteiger partial charge in [0.1, 0.15) is 0 Å². The predicted molar refractivity (Wildman–Crippen MR) is 67.6 cm³/mol. The van der Waals surface area contributed by atoms with Crippen molar-refractivity contribution in [3.8, 4) is 0 Å². The van der Waals surface area contributed by atoms with Crippen LogP contribution in [-0.4, -0.2) is 36.6 Å². The van der Waals surface area contributed by atoms with Gasteiger partial charge in [0.25, 0.3) is 0 Å². The van der Waals surface area contributed by atoms with Gasteiger partial charge in [-0.15, -0.1) is 0 Å². The normalized spacial score (nSPS) is 33.4. The van der Waals surface area contributed by atoms with Crippen LogP contribution >= 0.6 is 0 Å². The van der Waals surface area contributed by atoms with Crippen molar-refractivity contribution in [2.45, 2.75) is 63.5 Å². The summed E-state index contributed by atoms with van der Waals surface area (Å²) in [5.74, 6) is 0.990. The molecule has 0 radical (unpaired) electrons. The van der Waals surface area contributed by atoms with E-state index in [-0.39, 0.29) is 0 Å². The Bertz CT molecular complexity index is 219. The van der Waals surface area contributed by atoms with E-state index in [0.29, 0.717) is 0 Å². The van der Waals surface area contributed by atoms with Gasteiger partial charge in [0.15, 0.2) is 0 Å². The van der Waals surface area contributed by atoms with Gasteiger partial charge in [-0.25, -0.2) is 0 Å². The molecule has 0 spiro atoms. The average Bonchev–Trinajstić information content (AvgIpc) is 3.08. The average molecular weight is 222 g/mol. The largest absolute Gasteiger partial charge is 0.312 e. The minimum atomic E-state index is 0.808. The third-order valence-electron chi connectivity index (χ3n) is 4.70. The zero-order valence-electron chi connectivity index (χ0n) is 10.5. The first kappa shape index (κ1) is 11.0. The van der Waals surface area contributed by atoms with Crippen LogP contribution in [-0.2, 0) is 0 Å². The summed E-state index contributed by atoms with van der Waals surface area (Å²) in [5, 5.41) is 3.82. The van der Waals surface area contributed by atoms with Crippen molar-refractivity contribution in [3.63, 3.8) is 0 Å². The molecular weight excluding hydrogens is 196 g/mol. The van der Waals surface area contributed by atoms with E-state index in [1.165, 1.54) is 71.0 Å². The molecule has 1 aliphatic heterocycles. The molecule has 2 aliphatic carbocycles. The SMILES string of the molecule is C1CCC(CNC2CCN(C3CC3)C2)CC1. The minimum absolute atomic E-state index is 0.808. The van der Waals surface area contributed by atoms with Gasteiger partial charge in [0, 0.05) is 25.2 Å². The summed E-state index contributed by atoms with van der Waals surface area (Å²) >= 11 is 0. The Balaban J connectivity index is 1.35. The smallest absolute Gasteiger partial charge is 0.0207 e. The van der Waals surface area contributed by atoms with E-state index in [4.69, 9.17) is 0 Å². The standard InChI is InChI=1S/C14H26N2/c1-2-4-12(5-3-1)10-15-13-8-9-16(11-13)14-6-7-14/h12-15H,1-11H2. The van der Waals surface area contributed by atoms with Gasteiger partial charge < -0.3 is 5.32 Å². The lowest BCUT2D eigenvalue weighted by Crippen LogP contribution is -2.36. The Morgan fingerprint density at radius 2 is 1.75 bits per heavy atom. The molecule has 16 heavy (non-hydrogen) atoms. The summed E-state index contributed by atoms with van der Waals surface area (Å²) in [7, 11) is 0. The van der Waals surface area contributed by atoms with Crippen molar-refractivity contribution in [1.29, 1.82) is 0 Å². The van der Waals surface area contributed by atoms with Gasteiger partial charge in [-0.3, -0.25) is 4.90 Å². The highest BCUT2D eigenvalue weighted by atomic mass is 15.2. The monoisotopic (exact) mass is 222 g/mol. The Labute approximate surface area is 99.8 Å². The molecule has 1 heterocycles. The summed E-state index contributed by atoms with van der Waals surface area (Å²) in [6.07, 6.45) is 11.7. The molecule has 2 saturated carbocycles. The second-order valence-electron chi connectivity index (χ2n) is 6.12. The highest BCUT2D eigenvalue weighted by Gasteiger charge is 2.34. The van der Waals surface area contributed by atoms with Crippen LogP contribution in [0.15, 0.2) is 0 Å². The summed E-state index contributed by atoms with van der Waals surface area (Å²) in [6, 6.07) is 1.78. The molecular formula is C14H26N2. The Kier molecular flexibility index (Phi) is 3.49. The maximum Gasteiger partial charge on any atom is 0.0207 e. The van der Waals surface area contributed by atoms with Gasteiger partial charge in [-0.05, 0) is 44.6 Å². The van der Waals surface area contributed by atoms with E-state index in [1.54, 1.807) is 0 Å². The van der Waals surface area contributed by atoms with E-state index < -0.39 is 0 Å². The number of nitrogens with zero attached hydrogens (tertiary/aromatic N) is 1. The van der Waals surface area contributed by atoms with Crippen molar-refractivity contribution in [1.82, 2.24) is 10.2 Å². The second-order valence-corrected chi connectivity index (χ2v) is 6.12. The molecule has 92 valence electrons. The molecule has 3 fully saturated rings. The number of hydrogen-bond acceptors (Lipinski definition) is 2. The zero-order valence-corrected chi connectivity index (χ0v) is 10.5. The van der Waals surface area contributed by atoms with E-state index >= 15 is 0 Å². The van der Waals surface area contributed by atoms with Crippen LogP contribution in [0.4, 0.5) is 0 Å².